The van der Waals surface area contributed by atoms with Gasteiger partial charge in [0.15, 0.2) is 0 Å². The third-order valence-electron chi connectivity index (χ3n) is 10.5. The first-order chi connectivity index (χ1) is 27.1. The van der Waals surface area contributed by atoms with E-state index in [4.69, 9.17) is 0 Å². The Morgan fingerprint density at radius 3 is 0.632 bits per heavy atom. The molecular weight excluding hydrogens is 769 g/mol. The molecule has 0 aliphatic carbocycles. The molecule has 0 spiro atoms. The van der Waals surface area contributed by atoms with Crippen molar-refractivity contribution in [2.75, 3.05) is 0 Å². The summed E-state index contributed by atoms with van der Waals surface area (Å²) in [6, 6.07) is 0. The van der Waals surface area contributed by atoms with E-state index in [0.717, 1.165) is 51.0 Å². The van der Waals surface area contributed by atoms with Crippen LogP contribution in [0.15, 0.2) is 24.7 Å². The van der Waals surface area contributed by atoms with Crippen molar-refractivity contribution in [3.63, 3.8) is 0 Å². The van der Waals surface area contributed by atoms with E-state index in [9.17, 15) is 25.9 Å². The van der Waals surface area contributed by atoms with E-state index in [1.807, 2.05) is 0 Å². The summed E-state index contributed by atoms with van der Waals surface area (Å²) in [5.41, 5.74) is 0. The van der Waals surface area contributed by atoms with Gasteiger partial charge in [-0.2, -0.15) is 0 Å². The quantitative estimate of drug-likeness (QED) is 0.0194. The fourth-order valence-electron chi connectivity index (χ4n) is 7.03. The maximum atomic E-state index is 10.2. The van der Waals surface area contributed by atoms with E-state index in [1.165, 1.54) is 218 Å². The zero-order valence-corrected chi connectivity index (χ0v) is 40.4. The molecule has 0 aromatic heterocycles. The monoisotopic (exact) mass is 859 g/mol. The van der Waals surface area contributed by atoms with Gasteiger partial charge in [0.1, 0.15) is 12.5 Å². The second kappa shape index (κ2) is 50.0. The molecule has 0 fully saturated rings. The molecule has 11 heteroatoms. The molecule has 0 aromatic rings. The van der Waals surface area contributed by atoms with E-state index in [-0.39, 0.29) is 23.1 Å². The third kappa shape index (κ3) is 65.0. The van der Waals surface area contributed by atoms with Gasteiger partial charge in [-0.1, -0.05) is 245 Å². The van der Waals surface area contributed by atoms with E-state index in [0.29, 0.717) is 0 Å². The van der Waals surface area contributed by atoms with Crippen LogP contribution < -0.4 is 0 Å². The Morgan fingerprint density at radius 1 is 0.316 bits per heavy atom. The predicted molar refractivity (Wildman–Crippen MR) is 242 cm³/mol. The Balaban J connectivity index is -0.00000101. The zero-order chi connectivity index (χ0) is 41.5. The summed E-state index contributed by atoms with van der Waals surface area (Å²) >= 11 is 0. The standard InChI is InChI=1S/2C23H46O4S.Mg/c2*1-2-3-4-5-6-7-8-9-10-11-12-13-14-15-16-17-18-19-20-21-22-23-27-28(24,25)26;/h2*22-23H,2-21H2,1H3,(H,24,25,26);/q;;+2/p-2/b2*23-22+;. The van der Waals surface area contributed by atoms with Crippen LogP contribution in [0, 0.1) is 0 Å². The number of unbranched alkanes of at least 4 members (excludes halogenated alkanes) is 38. The van der Waals surface area contributed by atoms with Crippen molar-refractivity contribution in [3.05, 3.63) is 24.7 Å². The molecule has 0 amide bonds. The van der Waals surface area contributed by atoms with Crippen molar-refractivity contribution in [2.45, 2.75) is 271 Å². The minimum Gasteiger partial charge on any atom is -0.716 e. The second-order valence-electron chi connectivity index (χ2n) is 16.1. The fourth-order valence-corrected chi connectivity index (χ4v) is 7.46. The first-order valence-electron chi connectivity index (χ1n) is 23.7. The molecule has 0 aromatic carbocycles. The zero-order valence-electron chi connectivity index (χ0n) is 37.4. The summed E-state index contributed by atoms with van der Waals surface area (Å²) in [5, 5.41) is 0. The van der Waals surface area contributed by atoms with E-state index >= 15 is 0 Å². The van der Waals surface area contributed by atoms with Gasteiger partial charge in [0.05, 0.1) is 0 Å². The summed E-state index contributed by atoms with van der Waals surface area (Å²) in [6.07, 6.45) is 58.2. The fraction of sp³-hybridized carbons (Fsp3) is 0.913. The Morgan fingerprint density at radius 2 is 0.474 bits per heavy atom. The SMILES string of the molecule is CCCCCCCCCCCCCCCCCCCCC/C=C/OS(=O)(=O)[O-].CCCCCCCCCCCCCCCCCCCCC/C=C/OS(=O)(=O)[O-].[Mg+2]. The summed E-state index contributed by atoms with van der Waals surface area (Å²) in [7, 11) is -9.17. The first-order valence-corrected chi connectivity index (χ1v) is 26.4. The Bertz CT molecular complexity index is 953. The largest absolute Gasteiger partial charge is 2.00 e. The van der Waals surface area contributed by atoms with Gasteiger partial charge in [0.25, 0.3) is 20.8 Å². The topological polar surface area (TPSA) is 133 Å². The van der Waals surface area contributed by atoms with Crippen molar-refractivity contribution in [1.82, 2.24) is 0 Å². The van der Waals surface area contributed by atoms with Crippen LogP contribution in [-0.4, -0.2) is 49.0 Å². The predicted octanol–water partition coefficient (Wildman–Crippen LogP) is 15.2. The van der Waals surface area contributed by atoms with Crippen molar-refractivity contribution in [1.29, 1.82) is 0 Å². The molecule has 0 N–H and O–H groups in total. The molecule has 0 saturated carbocycles. The van der Waals surface area contributed by atoms with Crippen LogP contribution in [0.4, 0.5) is 0 Å². The molecule has 57 heavy (non-hydrogen) atoms. The molecule has 0 saturated heterocycles. The van der Waals surface area contributed by atoms with E-state index in [1.54, 1.807) is 12.2 Å². The maximum Gasteiger partial charge on any atom is 2.00 e. The molecule has 0 radical (unpaired) electrons. The summed E-state index contributed by atoms with van der Waals surface area (Å²) in [5.74, 6) is 0. The molecule has 0 bridgehead atoms. The van der Waals surface area contributed by atoms with Crippen LogP contribution >= 0.6 is 0 Å². The average molecular weight is 860 g/mol. The summed E-state index contributed by atoms with van der Waals surface area (Å²) in [4.78, 5) is 0. The molecule has 0 aliphatic rings. The van der Waals surface area contributed by atoms with Gasteiger partial charge >= 0.3 is 23.1 Å². The second-order valence-corrected chi connectivity index (χ2v) is 18.1. The molecule has 8 nitrogen and oxygen atoms in total. The molecule has 0 aliphatic heterocycles. The van der Waals surface area contributed by atoms with Gasteiger partial charge in [-0.3, -0.25) is 0 Å². The minimum absolute atomic E-state index is 0. The molecule has 336 valence electrons. The Hall–Kier alpha value is -0.334. The maximum absolute atomic E-state index is 10.2. The summed E-state index contributed by atoms with van der Waals surface area (Å²) in [6.45, 7) is 4.55. The molecule has 0 rings (SSSR count). The Labute approximate surface area is 371 Å². The van der Waals surface area contributed by atoms with Crippen LogP contribution in [0.3, 0.4) is 0 Å². The van der Waals surface area contributed by atoms with Gasteiger partial charge in [-0.25, -0.2) is 16.8 Å². The van der Waals surface area contributed by atoms with Gasteiger partial charge < -0.3 is 17.5 Å². The van der Waals surface area contributed by atoms with Crippen LogP contribution in [0.5, 0.6) is 0 Å². The average Bonchev–Trinajstić information content (AvgIpc) is 3.15. The molecule has 0 heterocycles. The van der Waals surface area contributed by atoms with Gasteiger partial charge in [0.2, 0.25) is 0 Å². The van der Waals surface area contributed by atoms with Crippen molar-refractivity contribution in [2.24, 2.45) is 0 Å². The van der Waals surface area contributed by atoms with Crippen molar-refractivity contribution in [3.8, 4) is 0 Å². The minimum atomic E-state index is -4.59. The van der Waals surface area contributed by atoms with Gasteiger partial charge in [0, 0.05) is 0 Å². The number of hydrogen-bond donors (Lipinski definition) is 0. The van der Waals surface area contributed by atoms with Gasteiger partial charge in [-0.05, 0) is 37.8 Å². The normalized spacial score (nSPS) is 11.9. The van der Waals surface area contributed by atoms with E-state index < -0.39 is 20.8 Å². The third-order valence-corrected chi connectivity index (χ3v) is 11.2. The van der Waals surface area contributed by atoms with Crippen LogP contribution in [0.25, 0.3) is 0 Å². The van der Waals surface area contributed by atoms with Gasteiger partial charge in [-0.15, -0.1) is 0 Å². The molecule has 0 unspecified atom stereocenters. The smallest absolute Gasteiger partial charge is 0.716 e. The molecule has 0 atom stereocenters. The Kier molecular flexibility index (Phi) is 53.5. The number of rotatable bonds is 44. The van der Waals surface area contributed by atoms with Crippen molar-refractivity contribution >= 4 is 43.9 Å². The van der Waals surface area contributed by atoms with Crippen molar-refractivity contribution < 1.29 is 34.3 Å². The number of allylic oxidation sites excluding steroid dienone is 2. The van der Waals surface area contributed by atoms with E-state index in [2.05, 4.69) is 22.2 Å². The van der Waals surface area contributed by atoms with Crippen LogP contribution in [0.2, 0.25) is 0 Å². The summed E-state index contributed by atoms with van der Waals surface area (Å²) < 4.78 is 69.3. The molecular formula is C46H90MgO8S2. The first kappa shape index (κ1) is 61.0. The van der Waals surface area contributed by atoms with Crippen LogP contribution in [-0.2, 0) is 29.2 Å². The van der Waals surface area contributed by atoms with Crippen LogP contribution in [0.1, 0.15) is 271 Å². The number of hydrogen-bond acceptors (Lipinski definition) is 8.